The van der Waals surface area contributed by atoms with E-state index in [0.29, 0.717) is 11.6 Å². The number of piperidine rings is 1. The molecule has 6 heteroatoms. The number of amides is 1. The van der Waals surface area contributed by atoms with E-state index in [0.717, 1.165) is 31.7 Å². The molecule has 0 aliphatic carbocycles. The number of nitrogens with one attached hydrogen (secondary N) is 3. The number of aromatic amines is 1. The highest BCUT2D eigenvalue weighted by molar-refractivity contribution is 5.92. The first-order valence-electron chi connectivity index (χ1n) is 7.51. The molecule has 0 aromatic carbocycles. The van der Waals surface area contributed by atoms with E-state index in [9.17, 15) is 4.79 Å². The van der Waals surface area contributed by atoms with E-state index in [4.69, 9.17) is 0 Å². The van der Waals surface area contributed by atoms with Gasteiger partial charge in [-0.2, -0.15) is 5.10 Å². The fourth-order valence-electron chi connectivity index (χ4n) is 2.47. The van der Waals surface area contributed by atoms with Gasteiger partial charge in [-0.3, -0.25) is 9.89 Å². The lowest BCUT2D eigenvalue weighted by Crippen LogP contribution is -2.33. The summed E-state index contributed by atoms with van der Waals surface area (Å²) in [6, 6.07) is 1.84. The molecule has 1 aliphatic heterocycles. The molecule has 1 unspecified atom stereocenters. The van der Waals surface area contributed by atoms with Gasteiger partial charge in [-0.1, -0.05) is 20.8 Å². The van der Waals surface area contributed by atoms with Crippen LogP contribution in [-0.4, -0.2) is 35.7 Å². The number of hydrogen-bond donors (Lipinski definition) is 3. The molecule has 0 bridgehead atoms. The van der Waals surface area contributed by atoms with E-state index in [-0.39, 0.29) is 23.7 Å². The second-order valence-electron chi connectivity index (χ2n) is 6.67. The zero-order chi connectivity index (χ0) is 14.6. The lowest BCUT2D eigenvalue weighted by molar-refractivity contribution is 0.0945. The molecule has 1 saturated heterocycles. The highest BCUT2D eigenvalue weighted by Gasteiger charge is 2.19. The van der Waals surface area contributed by atoms with Gasteiger partial charge in [0, 0.05) is 17.7 Å². The minimum Gasteiger partial charge on any atom is -0.351 e. The zero-order valence-electron chi connectivity index (χ0n) is 13.2. The Bertz CT molecular complexity index is 447. The van der Waals surface area contributed by atoms with Crippen LogP contribution in [0.3, 0.4) is 0 Å². The van der Waals surface area contributed by atoms with Crippen molar-refractivity contribution in [1.82, 2.24) is 20.8 Å². The number of nitrogens with zero attached hydrogens (tertiary/aromatic N) is 1. The maximum atomic E-state index is 12.0. The van der Waals surface area contributed by atoms with E-state index in [2.05, 4.69) is 41.6 Å². The van der Waals surface area contributed by atoms with Crippen LogP contribution in [0, 0.1) is 5.92 Å². The first-order chi connectivity index (χ1) is 9.47. The van der Waals surface area contributed by atoms with Crippen LogP contribution in [0.1, 0.15) is 56.2 Å². The minimum atomic E-state index is -0.0829. The standard InChI is InChI=1S/C15H26N4O.ClH/c1-15(2,3)13-9-12(18-19-13)14(20)17-8-6-11-5-4-7-16-10-11;/h9,11,16H,4-8,10H2,1-3H3,(H,17,20)(H,18,19);1H. The second-order valence-corrected chi connectivity index (χ2v) is 6.67. The van der Waals surface area contributed by atoms with Crippen LogP contribution in [0.2, 0.25) is 0 Å². The molecule has 0 radical (unpaired) electrons. The van der Waals surface area contributed by atoms with Crippen molar-refractivity contribution in [3.8, 4) is 0 Å². The summed E-state index contributed by atoms with van der Waals surface area (Å²) in [5.41, 5.74) is 1.45. The fraction of sp³-hybridized carbons (Fsp3) is 0.733. The van der Waals surface area contributed by atoms with Gasteiger partial charge in [0.15, 0.2) is 0 Å². The smallest absolute Gasteiger partial charge is 0.271 e. The molecular formula is C15H27ClN4O. The van der Waals surface area contributed by atoms with E-state index < -0.39 is 0 Å². The Hall–Kier alpha value is -1.07. The van der Waals surface area contributed by atoms with E-state index in [1.165, 1.54) is 12.8 Å². The van der Waals surface area contributed by atoms with Crippen molar-refractivity contribution in [1.29, 1.82) is 0 Å². The van der Waals surface area contributed by atoms with Crippen LogP contribution < -0.4 is 10.6 Å². The molecule has 1 atom stereocenters. The fourth-order valence-corrected chi connectivity index (χ4v) is 2.47. The molecule has 0 saturated carbocycles. The third-order valence-corrected chi connectivity index (χ3v) is 3.86. The molecule has 3 N–H and O–H groups in total. The van der Waals surface area contributed by atoms with Crippen molar-refractivity contribution in [3.63, 3.8) is 0 Å². The Morgan fingerprint density at radius 3 is 2.81 bits per heavy atom. The van der Waals surface area contributed by atoms with Crippen molar-refractivity contribution >= 4 is 18.3 Å². The third-order valence-electron chi connectivity index (χ3n) is 3.86. The quantitative estimate of drug-likeness (QED) is 0.798. The van der Waals surface area contributed by atoms with Gasteiger partial charge in [-0.15, -0.1) is 12.4 Å². The second kappa shape index (κ2) is 7.80. The van der Waals surface area contributed by atoms with Crippen LogP contribution in [-0.2, 0) is 5.41 Å². The molecule has 5 nitrogen and oxygen atoms in total. The Morgan fingerprint density at radius 2 is 2.24 bits per heavy atom. The molecule has 2 heterocycles. The largest absolute Gasteiger partial charge is 0.351 e. The van der Waals surface area contributed by atoms with Crippen LogP contribution in [0.5, 0.6) is 0 Å². The molecular weight excluding hydrogens is 288 g/mol. The average Bonchev–Trinajstić information content (AvgIpc) is 2.89. The SMILES string of the molecule is CC(C)(C)c1cc(C(=O)NCCC2CCCNC2)n[nH]1.Cl. The van der Waals surface area contributed by atoms with Gasteiger partial charge in [0.25, 0.3) is 5.91 Å². The van der Waals surface area contributed by atoms with Crippen molar-refractivity contribution in [2.45, 2.75) is 45.4 Å². The molecule has 1 aliphatic rings. The van der Waals surface area contributed by atoms with Crippen molar-refractivity contribution in [2.75, 3.05) is 19.6 Å². The van der Waals surface area contributed by atoms with Crippen LogP contribution in [0.25, 0.3) is 0 Å². The summed E-state index contributed by atoms with van der Waals surface area (Å²) >= 11 is 0. The van der Waals surface area contributed by atoms with Gasteiger partial charge in [0.05, 0.1) is 0 Å². The molecule has 2 rings (SSSR count). The van der Waals surface area contributed by atoms with E-state index in [1.807, 2.05) is 6.07 Å². The highest BCUT2D eigenvalue weighted by Crippen LogP contribution is 2.20. The number of carbonyl (C=O) groups is 1. The zero-order valence-corrected chi connectivity index (χ0v) is 14.0. The monoisotopic (exact) mass is 314 g/mol. The van der Waals surface area contributed by atoms with Gasteiger partial charge < -0.3 is 10.6 Å². The van der Waals surface area contributed by atoms with Crippen molar-refractivity contribution < 1.29 is 4.79 Å². The van der Waals surface area contributed by atoms with Gasteiger partial charge in [0.1, 0.15) is 5.69 Å². The normalized spacial score (nSPS) is 18.9. The number of rotatable bonds is 4. The van der Waals surface area contributed by atoms with Gasteiger partial charge >= 0.3 is 0 Å². The summed E-state index contributed by atoms with van der Waals surface area (Å²) in [6.45, 7) is 9.22. The molecule has 1 aromatic rings. The van der Waals surface area contributed by atoms with Crippen LogP contribution in [0.15, 0.2) is 6.07 Å². The van der Waals surface area contributed by atoms with Gasteiger partial charge in [-0.05, 0) is 44.3 Å². The summed E-state index contributed by atoms with van der Waals surface area (Å²) < 4.78 is 0. The number of carbonyl (C=O) groups excluding carboxylic acids is 1. The number of halogens is 1. The summed E-state index contributed by atoms with van der Waals surface area (Å²) in [6.07, 6.45) is 3.54. The Morgan fingerprint density at radius 1 is 1.48 bits per heavy atom. The summed E-state index contributed by atoms with van der Waals surface area (Å²) in [5, 5.41) is 13.4. The third kappa shape index (κ3) is 5.32. The van der Waals surface area contributed by atoms with Crippen molar-refractivity contribution in [3.05, 3.63) is 17.5 Å². The minimum absolute atomic E-state index is 0. The van der Waals surface area contributed by atoms with Gasteiger partial charge in [0.2, 0.25) is 0 Å². The first-order valence-corrected chi connectivity index (χ1v) is 7.51. The lowest BCUT2D eigenvalue weighted by atomic mass is 9.92. The summed E-state index contributed by atoms with van der Waals surface area (Å²) in [5.74, 6) is 0.605. The van der Waals surface area contributed by atoms with E-state index >= 15 is 0 Å². The average molecular weight is 315 g/mol. The molecule has 1 fully saturated rings. The maximum absolute atomic E-state index is 12.0. The maximum Gasteiger partial charge on any atom is 0.271 e. The number of aromatic nitrogens is 2. The van der Waals surface area contributed by atoms with Crippen LogP contribution in [0.4, 0.5) is 0 Å². The van der Waals surface area contributed by atoms with Gasteiger partial charge in [-0.25, -0.2) is 0 Å². The number of hydrogen-bond acceptors (Lipinski definition) is 3. The van der Waals surface area contributed by atoms with E-state index in [1.54, 1.807) is 0 Å². The molecule has 0 spiro atoms. The molecule has 1 amide bonds. The molecule has 1 aromatic heterocycles. The predicted molar refractivity (Wildman–Crippen MR) is 87.1 cm³/mol. The topological polar surface area (TPSA) is 69.8 Å². The van der Waals surface area contributed by atoms with Crippen LogP contribution >= 0.6 is 12.4 Å². The number of H-pyrrole nitrogens is 1. The lowest BCUT2D eigenvalue weighted by Gasteiger charge is -2.22. The summed E-state index contributed by atoms with van der Waals surface area (Å²) in [4.78, 5) is 12.0. The summed E-state index contributed by atoms with van der Waals surface area (Å²) in [7, 11) is 0. The van der Waals surface area contributed by atoms with Crippen molar-refractivity contribution in [2.24, 2.45) is 5.92 Å². The molecule has 21 heavy (non-hydrogen) atoms. The molecule has 120 valence electrons. The Labute approximate surface area is 133 Å². The Balaban J connectivity index is 0.00000220. The first kappa shape index (κ1) is 18.0. The predicted octanol–water partition coefficient (Wildman–Crippen LogP) is 2.25. The Kier molecular flexibility index (Phi) is 6.68. The highest BCUT2D eigenvalue weighted by atomic mass is 35.5.